The van der Waals surface area contributed by atoms with Crippen LogP contribution in [0.5, 0.6) is 0 Å². The van der Waals surface area contributed by atoms with Gasteiger partial charge in [0, 0.05) is 12.1 Å². The van der Waals surface area contributed by atoms with E-state index in [1.807, 2.05) is 0 Å². The maximum Gasteiger partial charge on any atom is 0.232 e. The van der Waals surface area contributed by atoms with Crippen LogP contribution in [0.4, 0.5) is 8.78 Å². The van der Waals surface area contributed by atoms with Gasteiger partial charge in [-0.2, -0.15) is 9.46 Å². The Labute approximate surface area is 135 Å². The second-order valence-corrected chi connectivity index (χ2v) is 5.45. The molecule has 0 atom stereocenters. The molecule has 0 spiro atoms. The van der Waals surface area contributed by atoms with Crippen LogP contribution in [0.2, 0.25) is 0 Å². The number of halogens is 2. The summed E-state index contributed by atoms with van der Waals surface area (Å²) in [5.74, 6) is -1.15. The Kier molecular flexibility index (Phi) is 3.06. The van der Waals surface area contributed by atoms with E-state index in [1.54, 1.807) is 12.1 Å². The van der Waals surface area contributed by atoms with Gasteiger partial charge in [-0.05, 0) is 36.4 Å². The largest absolute Gasteiger partial charge is 0.618 e. The maximum atomic E-state index is 14.0. The molecule has 0 saturated carbocycles. The molecule has 0 aliphatic heterocycles. The molecule has 0 N–H and O–H groups in total. The van der Waals surface area contributed by atoms with Crippen molar-refractivity contribution >= 4 is 21.8 Å². The molecule has 0 aliphatic rings. The van der Waals surface area contributed by atoms with E-state index in [2.05, 4.69) is 0 Å². The first kappa shape index (κ1) is 14.3. The van der Waals surface area contributed by atoms with Gasteiger partial charge in [-0.3, -0.25) is 0 Å². The number of benzene rings is 2. The van der Waals surface area contributed by atoms with Crippen LogP contribution in [-0.4, -0.2) is 0 Å². The molecule has 0 amide bonds. The van der Waals surface area contributed by atoms with Crippen molar-refractivity contribution in [2.45, 2.75) is 0 Å². The Morgan fingerprint density at radius 1 is 0.667 bits per heavy atom. The zero-order valence-corrected chi connectivity index (χ0v) is 12.2. The highest BCUT2D eigenvalue weighted by Crippen LogP contribution is 2.32. The average molecular weight is 324 g/mol. The highest BCUT2D eigenvalue weighted by Gasteiger charge is 2.21. The number of nitrogens with zero attached hydrogens (tertiary/aromatic N) is 2. The molecule has 118 valence electrons. The van der Waals surface area contributed by atoms with E-state index >= 15 is 0 Å². The lowest BCUT2D eigenvalue weighted by atomic mass is 9.98. The number of hydrogen-bond donors (Lipinski definition) is 0. The summed E-state index contributed by atoms with van der Waals surface area (Å²) in [6, 6.07) is 10.9. The third-order valence-corrected chi connectivity index (χ3v) is 3.93. The Morgan fingerprint density at radius 2 is 1.08 bits per heavy atom. The third-order valence-electron chi connectivity index (χ3n) is 3.93. The first-order chi connectivity index (χ1) is 11.5. The van der Waals surface area contributed by atoms with Crippen LogP contribution >= 0.6 is 0 Å². The minimum Gasteiger partial charge on any atom is -0.618 e. The van der Waals surface area contributed by atoms with Crippen molar-refractivity contribution < 1.29 is 18.2 Å². The summed E-state index contributed by atoms with van der Waals surface area (Å²) in [6.45, 7) is 0. The SMILES string of the molecule is [O-][n+]1cccc2cc(F)cc(-c3cc(F)cc4ccc[n+]([O-])c34)c21. The standard InChI is InChI=1S/C18H10F2N2O2/c19-13-7-11-3-1-5-21(23)17(11)15(9-13)16-10-14(20)8-12-4-2-6-22(24)18(12)16/h1-10H. The molecule has 0 fully saturated rings. The molecule has 2 heterocycles. The van der Waals surface area contributed by atoms with Gasteiger partial charge < -0.3 is 10.4 Å². The maximum absolute atomic E-state index is 14.0. The van der Waals surface area contributed by atoms with Gasteiger partial charge in [0.1, 0.15) is 11.6 Å². The van der Waals surface area contributed by atoms with Gasteiger partial charge in [0.2, 0.25) is 11.0 Å². The quantitative estimate of drug-likeness (QED) is 0.399. The van der Waals surface area contributed by atoms with Crippen molar-refractivity contribution in [3.8, 4) is 11.1 Å². The van der Waals surface area contributed by atoms with Gasteiger partial charge >= 0.3 is 0 Å². The molecule has 0 saturated heterocycles. The molecule has 0 bridgehead atoms. The topological polar surface area (TPSA) is 53.9 Å². The molecule has 4 rings (SSSR count). The van der Waals surface area contributed by atoms with Gasteiger partial charge in [0.05, 0.1) is 21.9 Å². The summed E-state index contributed by atoms with van der Waals surface area (Å²) in [5.41, 5.74) is 0.686. The second kappa shape index (κ2) is 5.13. The zero-order chi connectivity index (χ0) is 16.8. The fourth-order valence-corrected chi connectivity index (χ4v) is 3.00. The molecule has 24 heavy (non-hydrogen) atoms. The summed E-state index contributed by atoms with van der Waals surface area (Å²) >= 11 is 0. The van der Waals surface area contributed by atoms with E-state index in [4.69, 9.17) is 0 Å². The van der Waals surface area contributed by atoms with E-state index in [1.165, 1.54) is 36.7 Å². The van der Waals surface area contributed by atoms with Crippen molar-refractivity contribution in [2.24, 2.45) is 0 Å². The predicted octanol–water partition coefficient (Wildman–Crippen LogP) is 3.21. The van der Waals surface area contributed by atoms with E-state index < -0.39 is 11.6 Å². The van der Waals surface area contributed by atoms with Crippen LogP contribution in [0.15, 0.2) is 60.9 Å². The third kappa shape index (κ3) is 2.11. The first-order valence-electron chi connectivity index (χ1n) is 7.18. The lowest BCUT2D eigenvalue weighted by Gasteiger charge is -2.10. The van der Waals surface area contributed by atoms with E-state index in [0.29, 0.717) is 20.2 Å². The summed E-state index contributed by atoms with van der Waals surface area (Å²) < 4.78 is 29.2. The Bertz CT molecular complexity index is 1020. The minimum atomic E-state index is -0.575. The number of rotatable bonds is 1. The number of fused-ring (bicyclic) bond motifs is 2. The van der Waals surface area contributed by atoms with Crippen LogP contribution in [0.3, 0.4) is 0 Å². The zero-order valence-electron chi connectivity index (χ0n) is 12.2. The van der Waals surface area contributed by atoms with Crippen molar-refractivity contribution in [2.75, 3.05) is 0 Å². The van der Waals surface area contributed by atoms with Crippen molar-refractivity contribution in [1.82, 2.24) is 0 Å². The van der Waals surface area contributed by atoms with E-state index in [-0.39, 0.29) is 22.2 Å². The van der Waals surface area contributed by atoms with E-state index in [0.717, 1.165) is 12.1 Å². The lowest BCUT2D eigenvalue weighted by Crippen LogP contribution is -2.28. The molecule has 0 unspecified atom stereocenters. The van der Waals surface area contributed by atoms with Crippen LogP contribution in [0.1, 0.15) is 0 Å². The lowest BCUT2D eigenvalue weighted by molar-refractivity contribution is -0.577. The normalized spacial score (nSPS) is 11.2. The number of pyridine rings is 2. The summed E-state index contributed by atoms with van der Waals surface area (Å²) in [6.07, 6.45) is 2.55. The molecule has 6 heteroatoms. The fraction of sp³-hybridized carbons (Fsp3) is 0. The van der Waals surface area contributed by atoms with Gasteiger partial charge in [0.25, 0.3) is 0 Å². The second-order valence-electron chi connectivity index (χ2n) is 5.45. The van der Waals surface area contributed by atoms with Crippen LogP contribution in [0, 0.1) is 22.0 Å². The molecule has 4 nitrogen and oxygen atoms in total. The summed E-state index contributed by atoms with van der Waals surface area (Å²) in [5, 5.41) is 25.1. The van der Waals surface area contributed by atoms with Crippen molar-refractivity contribution in [1.29, 1.82) is 0 Å². The predicted molar refractivity (Wildman–Crippen MR) is 84.7 cm³/mol. The Morgan fingerprint density at radius 3 is 1.50 bits per heavy atom. The molecular formula is C18H10F2N2O2. The minimum absolute atomic E-state index is 0.167. The van der Waals surface area contributed by atoms with Crippen LogP contribution in [0.25, 0.3) is 32.9 Å². The summed E-state index contributed by atoms with van der Waals surface area (Å²) in [4.78, 5) is 0. The Balaban J connectivity index is 2.22. The van der Waals surface area contributed by atoms with Gasteiger partial charge in [-0.25, -0.2) is 8.78 Å². The Hall–Kier alpha value is -3.28. The molecular weight excluding hydrogens is 314 g/mol. The highest BCUT2D eigenvalue weighted by atomic mass is 19.1. The van der Waals surface area contributed by atoms with Crippen LogP contribution in [-0.2, 0) is 0 Å². The van der Waals surface area contributed by atoms with Gasteiger partial charge in [0.15, 0.2) is 12.4 Å². The van der Waals surface area contributed by atoms with Crippen LogP contribution < -0.4 is 9.46 Å². The first-order valence-corrected chi connectivity index (χ1v) is 7.18. The monoisotopic (exact) mass is 324 g/mol. The van der Waals surface area contributed by atoms with Gasteiger partial charge in [-0.1, -0.05) is 0 Å². The highest BCUT2D eigenvalue weighted by molar-refractivity contribution is 6.00. The summed E-state index contributed by atoms with van der Waals surface area (Å²) in [7, 11) is 0. The molecule has 2 aromatic carbocycles. The molecule has 0 aliphatic carbocycles. The van der Waals surface area contributed by atoms with E-state index in [9.17, 15) is 19.2 Å². The molecule has 0 radical (unpaired) electrons. The molecule has 4 aromatic rings. The smallest absolute Gasteiger partial charge is 0.232 e. The fourth-order valence-electron chi connectivity index (χ4n) is 3.00. The van der Waals surface area contributed by atoms with Crippen molar-refractivity contribution in [3.05, 3.63) is 83.0 Å². The van der Waals surface area contributed by atoms with Gasteiger partial charge in [-0.15, -0.1) is 0 Å². The number of hydrogen-bond acceptors (Lipinski definition) is 2. The average Bonchev–Trinajstić information content (AvgIpc) is 2.53. The number of aromatic nitrogens is 2. The molecule has 2 aromatic heterocycles. The van der Waals surface area contributed by atoms with Crippen molar-refractivity contribution in [3.63, 3.8) is 0 Å².